The number of rotatable bonds is 5. The van der Waals surface area contributed by atoms with Gasteiger partial charge in [0.15, 0.2) is 0 Å². The van der Waals surface area contributed by atoms with Gasteiger partial charge in [-0.1, -0.05) is 30.3 Å². The summed E-state index contributed by atoms with van der Waals surface area (Å²) in [5, 5.41) is 4.31. The summed E-state index contributed by atoms with van der Waals surface area (Å²) < 4.78 is 5.76. The van der Waals surface area contributed by atoms with Gasteiger partial charge >= 0.3 is 0 Å². The van der Waals surface area contributed by atoms with E-state index in [9.17, 15) is 0 Å². The van der Waals surface area contributed by atoms with Crippen LogP contribution in [-0.4, -0.2) is 17.0 Å². The molecule has 0 bridgehead atoms. The van der Waals surface area contributed by atoms with Gasteiger partial charge in [0.05, 0.1) is 11.7 Å². The molecule has 0 atom stereocenters. The van der Waals surface area contributed by atoms with Crippen LogP contribution in [0.15, 0.2) is 48.8 Å². The molecular formula is C16H17N3O. The number of nitrogens with one attached hydrogen (secondary N) is 2. The number of aromatic amines is 1. The Labute approximate surface area is 117 Å². The molecule has 2 aromatic heterocycles. The molecule has 2 heterocycles. The van der Waals surface area contributed by atoms with E-state index in [0.717, 1.165) is 23.0 Å². The average molecular weight is 267 g/mol. The molecule has 3 rings (SSSR count). The van der Waals surface area contributed by atoms with Crippen molar-refractivity contribution in [1.82, 2.24) is 15.3 Å². The number of hydrogen-bond acceptors (Lipinski definition) is 3. The highest BCUT2D eigenvalue weighted by molar-refractivity contribution is 5.83. The first-order valence-electron chi connectivity index (χ1n) is 6.64. The van der Waals surface area contributed by atoms with Crippen molar-refractivity contribution in [2.24, 2.45) is 0 Å². The Morgan fingerprint density at radius 1 is 1.25 bits per heavy atom. The minimum absolute atomic E-state index is 0.533. The summed E-state index contributed by atoms with van der Waals surface area (Å²) >= 11 is 0. The summed E-state index contributed by atoms with van der Waals surface area (Å²) in [5.41, 5.74) is 3.38. The van der Waals surface area contributed by atoms with Gasteiger partial charge in [-0.15, -0.1) is 0 Å². The SMILES string of the molecule is CNCc1c[nH]c2cnc(OCc3ccccc3)cc12. The van der Waals surface area contributed by atoms with Crippen molar-refractivity contribution >= 4 is 10.9 Å². The summed E-state index contributed by atoms with van der Waals surface area (Å²) in [4.78, 5) is 7.54. The lowest BCUT2D eigenvalue weighted by Crippen LogP contribution is -2.04. The third-order valence-corrected chi connectivity index (χ3v) is 3.22. The molecule has 102 valence electrons. The highest BCUT2D eigenvalue weighted by Gasteiger charge is 2.05. The first kappa shape index (κ1) is 12.7. The number of H-pyrrole nitrogens is 1. The van der Waals surface area contributed by atoms with E-state index in [-0.39, 0.29) is 0 Å². The van der Waals surface area contributed by atoms with Gasteiger partial charge in [0, 0.05) is 24.2 Å². The lowest BCUT2D eigenvalue weighted by Gasteiger charge is -2.06. The molecule has 4 heteroatoms. The summed E-state index contributed by atoms with van der Waals surface area (Å²) in [5.74, 6) is 0.651. The van der Waals surface area contributed by atoms with Crippen LogP contribution in [0.25, 0.3) is 10.9 Å². The molecule has 0 amide bonds. The molecule has 0 aliphatic rings. The highest BCUT2D eigenvalue weighted by atomic mass is 16.5. The number of pyridine rings is 1. The van der Waals surface area contributed by atoms with Crippen LogP contribution in [0.3, 0.4) is 0 Å². The smallest absolute Gasteiger partial charge is 0.214 e. The molecule has 2 N–H and O–H groups in total. The summed E-state index contributed by atoms with van der Waals surface area (Å²) in [7, 11) is 1.94. The van der Waals surface area contributed by atoms with Gasteiger partial charge in [0.25, 0.3) is 0 Å². The Kier molecular flexibility index (Phi) is 3.65. The van der Waals surface area contributed by atoms with Crippen LogP contribution in [0.2, 0.25) is 0 Å². The summed E-state index contributed by atoms with van der Waals surface area (Å²) in [6.07, 6.45) is 3.82. The van der Waals surface area contributed by atoms with E-state index in [2.05, 4.69) is 15.3 Å². The Morgan fingerprint density at radius 2 is 2.10 bits per heavy atom. The minimum atomic E-state index is 0.533. The van der Waals surface area contributed by atoms with Crippen LogP contribution in [0, 0.1) is 0 Å². The monoisotopic (exact) mass is 267 g/mol. The topological polar surface area (TPSA) is 49.9 Å². The third-order valence-electron chi connectivity index (χ3n) is 3.22. The van der Waals surface area contributed by atoms with E-state index in [1.807, 2.05) is 55.8 Å². The molecule has 0 spiro atoms. The second-order valence-electron chi connectivity index (χ2n) is 4.69. The number of nitrogens with zero attached hydrogens (tertiary/aromatic N) is 1. The number of fused-ring (bicyclic) bond motifs is 1. The van der Waals surface area contributed by atoms with Gasteiger partial charge in [0.1, 0.15) is 6.61 Å². The van der Waals surface area contributed by atoms with Crippen LogP contribution in [0.1, 0.15) is 11.1 Å². The molecule has 0 aliphatic heterocycles. The second-order valence-corrected chi connectivity index (χ2v) is 4.69. The van der Waals surface area contributed by atoms with Crippen molar-refractivity contribution < 1.29 is 4.74 Å². The largest absolute Gasteiger partial charge is 0.473 e. The Hall–Kier alpha value is -2.33. The van der Waals surface area contributed by atoms with E-state index in [1.165, 1.54) is 5.56 Å². The third kappa shape index (κ3) is 2.65. The van der Waals surface area contributed by atoms with Crippen molar-refractivity contribution in [3.8, 4) is 5.88 Å². The van der Waals surface area contributed by atoms with Crippen molar-refractivity contribution in [3.63, 3.8) is 0 Å². The van der Waals surface area contributed by atoms with E-state index >= 15 is 0 Å². The zero-order valence-corrected chi connectivity index (χ0v) is 11.4. The molecular weight excluding hydrogens is 250 g/mol. The second kappa shape index (κ2) is 5.75. The van der Waals surface area contributed by atoms with Gasteiger partial charge in [-0.05, 0) is 18.2 Å². The molecule has 0 fully saturated rings. The molecule has 0 radical (unpaired) electrons. The van der Waals surface area contributed by atoms with Crippen molar-refractivity contribution in [2.75, 3.05) is 7.05 Å². The maximum atomic E-state index is 5.76. The van der Waals surface area contributed by atoms with Gasteiger partial charge in [-0.3, -0.25) is 0 Å². The van der Waals surface area contributed by atoms with Crippen molar-refractivity contribution in [1.29, 1.82) is 0 Å². The normalized spacial score (nSPS) is 10.8. The number of benzene rings is 1. The molecule has 1 aromatic carbocycles. The minimum Gasteiger partial charge on any atom is -0.473 e. The number of aromatic nitrogens is 2. The van der Waals surface area contributed by atoms with Crippen molar-refractivity contribution in [2.45, 2.75) is 13.2 Å². The first-order valence-corrected chi connectivity index (χ1v) is 6.64. The fourth-order valence-corrected chi connectivity index (χ4v) is 2.21. The molecule has 4 nitrogen and oxygen atoms in total. The fraction of sp³-hybridized carbons (Fsp3) is 0.188. The Balaban J connectivity index is 1.79. The van der Waals surface area contributed by atoms with Gasteiger partial charge in [-0.25, -0.2) is 4.98 Å². The van der Waals surface area contributed by atoms with Gasteiger partial charge in [0.2, 0.25) is 5.88 Å². The Bertz CT molecular complexity index is 691. The average Bonchev–Trinajstić information content (AvgIpc) is 2.89. The van der Waals surface area contributed by atoms with Crippen LogP contribution in [0.5, 0.6) is 5.88 Å². The lowest BCUT2D eigenvalue weighted by molar-refractivity contribution is 0.294. The van der Waals surface area contributed by atoms with Gasteiger partial charge in [-0.2, -0.15) is 0 Å². The summed E-state index contributed by atoms with van der Waals surface area (Å²) in [6, 6.07) is 12.1. The Morgan fingerprint density at radius 3 is 2.90 bits per heavy atom. The predicted octanol–water partition coefficient (Wildman–Crippen LogP) is 2.86. The zero-order valence-electron chi connectivity index (χ0n) is 11.4. The fourth-order valence-electron chi connectivity index (χ4n) is 2.21. The predicted molar refractivity (Wildman–Crippen MR) is 79.6 cm³/mol. The van der Waals surface area contributed by atoms with Crippen molar-refractivity contribution in [3.05, 3.63) is 59.9 Å². The van der Waals surface area contributed by atoms with Crippen LogP contribution in [-0.2, 0) is 13.2 Å². The molecule has 0 saturated heterocycles. The maximum absolute atomic E-state index is 5.76. The molecule has 0 aliphatic carbocycles. The molecule has 3 aromatic rings. The van der Waals surface area contributed by atoms with E-state index in [1.54, 1.807) is 0 Å². The quantitative estimate of drug-likeness (QED) is 0.747. The molecule has 20 heavy (non-hydrogen) atoms. The summed E-state index contributed by atoms with van der Waals surface area (Å²) in [6.45, 7) is 1.35. The van der Waals surface area contributed by atoms with E-state index in [4.69, 9.17) is 4.74 Å². The standard InChI is InChI=1S/C16H17N3O/c1-17-8-13-9-18-15-10-19-16(7-14(13)15)20-11-12-5-3-2-4-6-12/h2-7,9-10,17-18H,8,11H2,1H3. The molecule has 0 unspecified atom stereocenters. The number of hydrogen-bond donors (Lipinski definition) is 2. The zero-order chi connectivity index (χ0) is 13.8. The van der Waals surface area contributed by atoms with Crippen LogP contribution < -0.4 is 10.1 Å². The van der Waals surface area contributed by atoms with Crippen LogP contribution >= 0.6 is 0 Å². The highest BCUT2D eigenvalue weighted by Crippen LogP contribution is 2.22. The first-order chi connectivity index (χ1) is 9.86. The van der Waals surface area contributed by atoms with Gasteiger partial charge < -0.3 is 15.0 Å². The molecule has 0 saturated carbocycles. The lowest BCUT2D eigenvalue weighted by atomic mass is 10.2. The maximum Gasteiger partial charge on any atom is 0.214 e. The van der Waals surface area contributed by atoms with E-state index in [0.29, 0.717) is 12.5 Å². The van der Waals surface area contributed by atoms with E-state index < -0.39 is 0 Å². The van der Waals surface area contributed by atoms with Crippen LogP contribution in [0.4, 0.5) is 0 Å². The number of ether oxygens (including phenoxy) is 1.